The lowest BCUT2D eigenvalue weighted by atomic mass is 9.81. The number of fused-ring (bicyclic) bond motifs is 5. The van der Waals surface area contributed by atoms with Crippen molar-refractivity contribution in [3.05, 3.63) is 83.6 Å². The van der Waals surface area contributed by atoms with Gasteiger partial charge in [-0.05, 0) is 46.5 Å². The molecule has 0 aliphatic carbocycles. The van der Waals surface area contributed by atoms with Gasteiger partial charge in [0.1, 0.15) is 30.2 Å². The molecule has 0 N–H and O–H groups in total. The molecule has 0 fully saturated rings. The van der Waals surface area contributed by atoms with Gasteiger partial charge < -0.3 is 4.74 Å². The van der Waals surface area contributed by atoms with Crippen LogP contribution in [0, 0.1) is 12.3 Å². The summed E-state index contributed by atoms with van der Waals surface area (Å²) in [5.41, 5.74) is 5.54. The highest BCUT2D eigenvalue weighted by Gasteiger charge is 2.35. The minimum Gasteiger partial charge on any atom is -0.455 e. The van der Waals surface area contributed by atoms with Crippen molar-refractivity contribution in [2.75, 3.05) is 0 Å². The van der Waals surface area contributed by atoms with E-state index in [1.807, 2.05) is 0 Å². The van der Waals surface area contributed by atoms with Gasteiger partial charge in [-0.15, -0.1) is 0 Å². The van der Waals surface area contributed by atoms with Crippen LogP contribution in [0.15, 0.2) is 60.8 Å². The zero-order valence-corrected chi connectivity index (χ0v) is 29.2. The Morgan fingerprint density at radius 2 is 1.37 bits per heavy atom. The maximum atomic E-state index is 7.10. The molecule has 0 saturated carbocycles. The fourth-order valence-corrected chi connectivity index (χ4v) is 6.91. The van der Waals surface area contributed by atoms with Crippen LogP contribution in [0.1, 0.15) is 85.1 Å². The van der Waals surface area contributed by atoms with Gasteiger partial charge in [0.2, 0.25) is 5.69 Å². The second-order valence-corrected chi connectivity index (χ2v) is 16.3. The van der Waals surface area contributed by atoms with Crippen molar-refractivity contribution in [1.82, 2.24) is 15.0 Å². The van der Waals surface area contributed by atoms with Crippen molar-refractivity contribution < 1.29 is 9.30 Å². The monoisotopic (exact) mass is 609 g/mol. The molecule has 0 saturated heterocycles. The van der Waals surface area contributed by atoms with Gasteiger partial charge in [0.25, 0.3) is 0 Å². The van der Waals surface area contributed by atoms with Crippen molar-refractivity contribution in [2.45, 2.75) is 86.5 Å². The molecule has 0 amide bonds. The van der Waals surface area contributed by atoms with E-state index >= 15 is 0 Å². The van der Waals surface area contributed by atoms with E-state index in [9.17, 15) is 0 Å². The summed E-state index contributed by atoms with van der Waals surface area (Å²) >= 11 is 0. The van der Waals surface area contributed by atoms with Crippen molar-refractivity contribution in [3.63, 3.8) is 0 Å². The predicted molar refractivity (Wildman–Crippen MR) is 190 cm³/mol. The molecule has 1 aliphatic heterocycles. The molecule has 7 rings (SSSR count). The number of nitrogens with zero attached hydrogens (tertiary/aromatic N) is 4. The van der Waals surface area contributed by atoms with Gasteiger partial charge in [0.05, 0.1) is 10.9 Å². The fourth-order valence-electron chi connectivity index (χ4n) is 6.91. The van der Waals surface area contributed by atoms with Crippen LogP contribution in [0.25, 0.3) is 55.0 Å². The van der Waals surface area contributed by atoms with Crippen LogP contribution in [-0.2, 0) is 24.3 Å². The van der Waals surface area contributed by atoms with Crippen molar-refractivity contribution in [2.24, 2.45) is 12.5 Å². The zero-order valence-electron chi connectivity index (χ0n) is 29.2. The van der Waals surface area contributed by atoms with Gasteiger partial charge in [-0.2, -0.15) is 0 Å². The molecule has 0 radical (unpaired) electrons. The SMILES string of the molecule is Cc1c2c(c(CC(C)(C)C)c3ccccc13)Oc1cc3cccc(-c4nc(C(C)(C)C)nc(C(C)(C)C)n4)c3c3cc[n+](C)c-2c13. The number of aryl methyl sites for hydroxylation is 2. The van der Waals surface area contributed by atoms with E-state index < -0.39 is 0 Å². The normalized spacial score (nSPS) is 13.4. The number of ether oxygens (including phenoxy) is 1. The first-order valence-electron chi connectivity index (χ1n) is 16.4. The van der Waals surface area contributed by atoms with Crippen LogP contribution < -0.4 is 9.30 Å². The largest absolute Gasteiger partial charge is 0.455 e. The molecule has 0 unspecified atom stereocenters. The molecule has 234 valence electrons. The maximum Gasteiger partial charge on any atom is 0.228 e. The molecule has 0 bridgehead atoms. The Kier molecular flexibility index (Phi) is 6.62. The minimum atomic E-state index is -0.220. The van der Waals surface area contributed by atoms with Crippen molar-refractivity contribution in [3.8, 4) is 34.1 Å². The number of pyridine rings is 1. The number of benzene rings is 4. The van der Waals surface area contributed by atoms with E-state index in [4.69, 9.17) is 19.7 Å². The van der Waals surface area contributed by atoms with Crippen LogP contribution in [0.3, 0.4) is 0 Å². The molecule has 3 heterocycles. The van der Waals surface area contributed by atoms with Crippen molar-refractivity contribution >= 4 is 32.3 Å². The van der Waals surface area contributed by atoms with Gasteiger partial charge in [0.15, 0.2) is 12.0 Å². The maximum absolute atomic E-state index is 7.10. The summed E-state index contributed by atoms with van der Waals surface area (Å²) in [6.45, 7) is 22.1. The lowest BCUT2D eigenvalue weighted by Gasteiger charge is -2.28. The van der Waals surface area contributed by atoms with Gasteiger partial charge >= 0.3 is 0 Å². The van der Waals surface area contributed by atoms with Crippen molar-refractivity contribution in [1.29, 1.82) is 0 Å². The van der Waals surface area contributed by atoms with E-state index in [0.717, 1.165) is 56.7 Å². The fraction of sp³-hybridized carbons (Fsp3) is 0.366. The topological polar surface area (TPSA) is 51.8 Å². The second-order valence-electron chi connectivity index (χ2n) is 16.3. The van der Waals surface area contributed by atoms with Crippen LogP contribution >= 0.6 is 0 Å². The number of rotatable bonds is 2. The van der Waals surface area contributed by atoms with E-state index in [0.29, 0.717) is 5.82 Å². The molecular weight excluding hydrogens is 564 g/mol. The first kappa shape index (κ1) is 30.3. The third-order valence-electron chi connectivity index (χ3n) is 9.13. The molecule has 0 spiro atoms. The van der Waals surface area contributed by atoms with Gasteiger partial charge in [-0.25, -0.2) is 19.5 Å². The Hall–Kier alpha value is -4.38. The smallest absolute Gasteiger partial charge is 0.228 e. The van der Waals surface area contributed by atoms with Crippen LogP contribution in [0.2, 0.25) is 0 Å². The van der Waals surface area contributed by atoms with Crippen LogP contribution in [0.5, 0.6) is 11.5 Å². The lowest BCUT2D eigenvalue weighted by Crippen LogP contribution is -2.32. The quantitative estimate of drug-likeness (QED) is 0.145. The summed E-state index contributed by atoms with van der Waals surface area (Å²) in [5.74, 6) is 4.20. The summed E-state index contributed by atoms with van der Waals surface area (Å²) < 4.78 is 9.36. The molecule has 1 aliphatic rings. The summed E-state index contributed by atoms with van der Waals surface area (Å²) in [4.78, 5) is 15.2. The highest BCUT2D eigenvalue weighted by molar-refractivity contribution is 6.19. The first-order valence-corrected chi connectivity index (χ1v) is 16.4. The molecular formula is C41H45N4O+. The number of aromatic nitrogens is 4. The minimum absolute atomic E-state index is 0.0876. The predicted octanol–water partition coefficient (Wildman–Crippen LogP) is 10.1. The highest BCUT2D eigenvalue weighted by atomic mass is 16.5. The molecule has 5 heteroatoms. The molecule has 6 aromatic rings. The Bertz CT molecular complexity index is 2190. The number of hydrogen-bond acceptors (Lipinski definition) is 4. The standard InChI is InChI=1S/C41H45N4O/c1-23-25-16-12-13-17-26(25)29(22-39(2,3)4)35-31(23)34-33-27(19-20-45(34)11)32-24(21-30(33)46-35)15-14-18-28(32)36-42-37(40(5,6)7)44-38(43-36)41(8,9)10/h12-21H,22H2,1-11H3/q+1. The van der Waals surface area contributed by atoms with Gasteiger partial charge in [0, 0.05) is 38.8 Å². The van der Waals surface area contributed by atoms with E-state index in [1.165, 1.54) is 33.2 Å². The van der Waals surface area contributed by atoms with Gasteiger partial charge in [-0.1, -0.05) is 105 Å². The van der Waals surface area contributed by atoms with Gasteiger partial charge in [-0.3, -0.25) is 0 Å². The first-order chi connectivity index (χ1) is 21.5. The Labute approximate surface area is 272 Å². The second kappa shape index (κ2) is 10.1. The average Bonchev–Trinajstić information content (AvgIpc) is 2.98. The van der Waals surface area contributed by atoms with Crippen LogP contribution in [-0.4, -0.2) is 15.0 Å². The average molecular weight is 610 g/mol. The molecule has 46 heavy (non-hydrogen) atoms. The van der Waals surface area contributed by atoms with Crippen LogP contribution in [0.4, 0.5) is 0 Å². The zero-order chi connectivity index (χ0) is 32.9. The molecule has 2 aromatic heterocycles. The molecule has 4 aromatic carbocycles. The highest BCUT2D eigenvalue weighted by Crippen LogP contribution is 2.53. The third-order valence-corrected chi connectivity index (χ3v) is 9.13. The Morgan fingerprint density at radius 3 is 2.00 bits per heavy atom. The Morgan fingerprint density at radius 1 is 0.717 bits per heavy atom. The summed E-state index contributed by atoms with van der Waals surface area (Å²) in [5, 5.41) is 7.05. The molecule has 5 nitrogen and oxygen atoms in total. The summed E-state index contributed by atoms with van der Waals surface area (Å²) in [6.07, 6.45) is 3.11. The van der Waals surface area contributed by atoms with E-state index in [-0.39, 0.29) is 16.2 Å². The third kappa shape index (κ3) is 4.83. The number of hydrogen-bond donors (Lipinski definition) is 0. The summed E-state index contributed by atoms with van der Waals surface area (Å²) in [6, 6.07) is 19.7. The van der Waals surface area contributed by atoms with E-state index in [1.54, 1.807) is 0 Å². The molecule has 0 atom stereocenters. The van der Waals surface area contributed by atoms with E-state index in [2.05, 4.69) is 142 Å². The Balaban J connectivity index is 1.60. The summed E-state index contributed by atoms with van der Waals surface area (Å²) in [7, 11) is 2.15. The lowest BCUT2D eigenvalue weighted by molar-refractivity contribution is -0.659.